The standard InChI is InChI=1S/2C19H25N3/c2*1-13-5-6-14-15-7-11-22-17(19(15)20-16(14)12-13)8-10-21-9-3-2-4-18(21)22/h2*5-6,12,17-18,20H,2-4,7-11H2,1H3/t2*17-,18-/m10/s1. The largest absolute Gasteiger partial charge is 0.357 e. The molecule has 2 N–H and O–H groups in total. The van der Waals surface area contributed by atoms with Gasteiger partial charge in [-0.15, -0.1) is 0 Å². The molecule has 0 amide bonds. The smallest absolute Gasteiger partial charge is 0.0628 e. The Labute approximate surface area is 262 Å². The number of hydrogen-bond donors (Lipinski definition) is 2. The fourth-order valence-corrected chi connectivity index (χ4v) is 10.1. The van der Waals surface area contributed by atoms with Crippen LogP contribution >= 0.6 is 0 Å². The summed E-state index contributed by atoms with van der Waals surface area (Å²) in [5, 5.41) is 2.93. The van der Waals surface area contributed by atoms with Gasteiger partial charge in [0.2, 0.25) is 0 Å². The van der Waals surface area contributed by atoms with E-state index in [0.717, 1.165) is 0 Å². The first kappa shape index (κ1) is 27.7. The summed E-state index contributed by atoms with van der Waals surface area (Å²) in [5.74, 6) is 0. The Hall–Kier alpha value is -2.64. The molecule has 6 aliphatic heterocycles. The third kappa shape index (κ3) is 4.51. The molecule has 0 bridgehead atoms. The predicted molar refractivity (Wildman–Crippen MR) is 180 cm³/mol. The van der Waals surface area contributed by atoms with Gasteiger partial charge in [-0.3, -0.25) is 19.6 Å². The van der Waals surface area contributed by atoms with Crippen molar-refractivity contribution in [1.29, 1.82) is 0 Å². The molecule has 0 saturated carbocycles. The molecule has 4 fully saturated rings. The minimum atomic E-state index is 0.621. The summed E-state index contributed by atoms with van der Waals surface area (Å²) in [6.45, 7) is 12.0. The van der Waals surface area contributed by atoms with Crippen LogP contribution in [0.5, 0.6) is 0 Å². The second-order valence-electron chi connectivity index (χ2n) is 14.7. The highest BCUT2D eigenvalue weighted by Crippen LogP contribution is 2.43. The molecular weight excluding hydrogens is 540 g/mol. The third-order valence-corrected chi connectivity index (χ3v) is 12.2. The highest BCUT2D eigenvalue weighted by Gasteiger charge is 2.42. The van der Waals surface area contributed by atoms with E-state index in [0.29, 0.717) is 24.4 Å². The van der Waals surface area contributed by atoms with E-state index in [1.165, 1.54) is 148 Å². The van der Waals surface area contributed by atoms with Gasteiger partial charge in [0.25, 0.3) is 0 Å². The number of aromatic amines is 2. The van der Waals surface area contributed by atoms with Gasteiger partial charge in [0.05, 0.1) is 24.4 Å². The summed E-state index contributed by atoms with van der Waals surface area (Å²) in [4.78, 5) is 18.6. The maximum absolute atomic E-state index is 3.79. The maximum Gasteiger partial charge on any atom is 0.0628 e. The first-order valence-corrected chi connectivity index (χ1v) is 17.8. The Morgan fingerprint density at radius 3 is 1.50 bits per heavy atom. The van der Waals surface area contributed by atoms with Crippen LogP contribution in [0.1, 0.15) is 97.1 Å². The zero-order valence-electron chi connectivity index (χ0n) is 26.9. The maximum atomic E-state index is 3.79. The molecule has 2 aromatic heterocycles. The molecule has 232 valence electrons. The van der Waals surface area contributed by atoms with Gasteiger partial charge >= 0.3 is 0 Å². The molecule has 44 heavy (non-hydrogen) atoms. The van der Waals surface area contributed by atoms with Crippen LogP contribution in [-0.2, 0) is 12.8 Å². The van der Waals surface area contributed by atoms with Crippen molar-refractivity contribution in [3.05, 3.63) is 70.0 Å². The number of aromatic nitrogens is 2. The molecule has 4 aromatic rings. The minimum Gasteiger partial charge on any atom is -0.357 e. The van der Waals surface area contributed by atoms with Gasteiger partial charge in [-0.25, -0.2) is 0 Å². The average molecular weight is 591 g/mol. The monoisotopic (exact) mass is 590 g/mol. The number of nitrogens with one attached hydrogen (secondary N) is 2. The van der Waals surface area contributed by atoms with E-state index in [2.05, 4.69) is 79.8 Å². The quantitative estimate of drug-likeness (QED) is 0.228. The van der Waals surface area contributed by atoms with Crippen LogP contribution in [0.4, 0.5) is 0 Å². The van der Waals surface area contributed by atoms with Gasteiger partial charge in [0, 0.05) is 59.4 Å². The topological polar surface area (TPSA) is 44.5 Å². The summed E-state index contributed by atoms with van der Waals surface area (Å²) in [5.41, 5.74) is 11.6. The van der Waals surface area contributed by atoms with Crippen molar-refractivity contribution in [2.24, 2.45) is 0 Å². The van der Waals surface area contributed by atoms with Crippen molar-refractivity contribution in [2.75, 3.05) is 39.3 Å². The van der Waals surface area contributed by atoms with Crippen molar-refractivity contribution in [3.63, 3.8) is 0 Å². The number of fused-ring (bicyclic) bond motifs is 14. The molecule has 10 rings (SSSR count). The lowest BCUT2D eigenvalue weighted by atomic mass is 9.90. The fourth-order valence-electron chi connectivity index (χ4n) is 10.1. The van der Waals surface area contributed by atoms with Crippen molar-refractivity contribution < 1.29 is 0 Å². The van der Waals surface area contributed by atoms with Crippen molar-refractivity contribution in [1.82, 2.24) is 29.6 Å². The molecule has 0 aliphatic carbocycles. The van der Waals surface area contributed by atoms with Crippen LogP contribution < -0.4 is 0 Å². The zero-order chi connectivity index (χ0) is 29.4. The second-order valence-corrected chi connectivity index (χ2v) is 14.7. The molecule has 0 spiro atoms. The van der Waals surface area contributed by atoms with Crippen LogP contribution in [0.3, 0.4) is 0 Å². The molecule has 6 nitrogen and oxygen atoms in total. The fraction of sp³-hybridized carbons (Fsp3) is 0.579. The summed E-state index contributed by atoms with van der Waals surface area (Å²) >= 11 is 0. The normalized spacial score (nSPS) is 29.1. The van der Waals surface area contributed by atoms with Gasteiger partial charge in [0.1, 0.15) is 0 Å². The zero-order valence-corrected chi connectivity index (χ0v) is 26.9. The number of hydrogen-bond acceptors (Lipinski definition) is 4. The van der Waals surface area contributed by atoms with Gasteiger partial charge in [-0.05, 0) is 126 Å². The van der Waals surface area contributed by atoms with Gasteiger partial charge in [-0.1, -0.05) is 24.3 Å². The molecule has 4 saturated heterocycles. The van der Waals surface area contributed by atoms with Gasteiger partial charge in [0.15, 0.2) is 0 Å². The lowest BCUT2D eigenvalue weighted by Gasteiger charge is -2.52. The van der Waals surface area contributed by atoms with Gasteiger partial charge < -0.3 is 9.97 Å². The Balaban J connectivity index is 0.000000123. The van der Waals surface area contributed by atoms with E-state index in [1.54, 1.807) is 11.1 Å². The Morgan fingerprint density at radius 1 is 0.545 bits per heavy atom. The summed E-state index contributed by atoms with van der Waals surface area (Å²) < 4.78 is 0. The van der Waals surface area contributed by atoms with Crippen LogP contribution in [0.25, 0.3) is 21.8 Å². The number of nitrogens with zero attached hydrogens (tertiary/aromatic N) is 4. The summed E-state index contributed by atoms with van der Waals surface area (Å²) in [6, 6.07) is 15.0. The number of aryl methyl sites for hydroxylation is 2. The second kappa shape index (κ2) is 11.0. The van der Waals surface area contributed by atoms with E-state index in [1.807, 2.05) is 0 Å². The molecule has 0 unspecified atom stereocenters. The summed E-state index contributed by atoms with van der Waals surface area (Å²) in [7, 11) is 0. The highest BCUT2D eigenvalue weighted by atomic mass is 15.4. The molecule has 6 heteroatoms. The highest BCUT2D eigenvalue weighted by molar-refractivity contribution is 5.86. The SMILES string of the molecule is Cc1ccc2c3c([nH]c2c1)[C@@H]1CCN2CCCC[C@@H]2N1CC3.Cc1ccc2c3c([nH]c2c1)[C@H]1CCN2CCCC[C@H]2N1CC3. The average Bonchev–Trinajstić information content (AvgIpc) is 3.62. The van der Waals surface area contributed by atoms with E-state index >= 15 is 0 Å². The number of benzene rings is 2. The van der Waals surface area contributed by atoms with E-state index in [-0.39, 0.29) is 0 Å². The summed E-state index contributed by atoms with van der Waals surface area (Å²) in [6.07, 6.45) is 14.7. The predicted octanol–water partition coefficient (Wildman–Crippen LogP) is 7.18. The van der Waals surface area contributed by atoms with Crippen LogP contribution in [0.2, 0.25) is 0 Å². The number of H-pyrrole nitrogens is 2. The van der Waals surface area contributed by atoms with Crippen LogP contribution in [0, 0.1) is 13.8 Å². The lowest BCUT2D eigenvalue weighted by Crippen LogP contribution is -2.58. The lowest BCUT2D eigenvalue weighted by molar-refractivity contribution is -0.0600. The van der Waals surface area contributed by atoms with Crippen molar-refractivity contribution in [3.8, 4) is 0 Å². The van der Waals surface area contributed by atoms with Crippen molar-refractivity contribution in [2.45, 2.75) is 102 Å². The third-order valence-electron chi connectivity index (χ3n) is 12.2. The van der Waals surface area contributed by atoms with E-state index in [4.69, 9.17) is 0 Å². The molecule has 2 aromatic carbocycles. The Kier molecular flexibility index (Phi) is 6.92. The molecule has 0 radical (unpaired) electrons. The molecular formula is C38H50N6. The molecule has 8 heterocycles. The number of rotatable bonds is 0. The van der Waals surface area contributed by atoms with Crippen molar-refractivity contribution >= 4 is 21.8 Å². The Bertz CT molecular complexity index is 1560. The van der Waals surface area contributed by atoms with Gasteiger partial charge in [-0.2, -0.15) is 0 Å². The van der Waals surface area contributed by atoms with Crippen LogP contribution in [-0.4, -0.2) is 81.2 Å². The molecule has 6 aliphatic rings. The van der Waals surface area contributed by atoms with E-state index < -0.39 is 0 Å². The first-order chi connectivity index (χ1) is 21.6. The van der Waals surface area contributed by atoms with E-state index in [9.17, 15) is 0 Å². The number of piperidine rings is 2. The Morgan fingerprint density at radius 2 is 1.02 bits per heavy atom. The van der Waals surface area contributed by atoms with Crippen LogP contribution in [0.15, 0.2) is 36.4 Å². The molecule has 4 atom stereocenters. The first-order valence-electron chi connectivity index (χ1n) is 17.8. The minimum absolute atomic E-state index is 0.621.